The fraction of sp³-hybridized carbons (Fsp3) is 0.234. The summed E-state index contributed by atoms with van der Waals surface area (Å²) in [5, 5.41) is -0.261. The Labute approximate surface area is 327 Å². The highest BCUT2D eigenvalue weighted by Gasteiger charge is 2.55. The van der Waals surface area contributed by atoms with Gasteiger partial charge in [-0.05, 0) is 76.6 Å². The first-order chi connectivity index (χ1) is 26.6. The lowest BCUT2D eigenvalue weighted by atomic mass is 9.40. The van der Waals surface area contributed by atoms with Gasteiger partial charge in [0.1, 0.15) is 11.4 Å². The van der Waals surface area contributed by atoms with Crippen molar-refractivity contribution >= 4 is 48.8 Å². The number of alkyl halides is 3. The van der Waals surface area contributed by atoms with E-state index in [0.717, 1.165) is 86.2 Å². The van der Waals surface area contributed by atoms with E-state index in [4.69, 9.17) is 30.1 Å². The molecule has 4 nitrogen and oxygen atoms in total. The van der Waals surface area contributed by atoms with Gasteiger partial charge in [0.05, 0.1) is 49.1 Å². The first kappa shape index (κ1) is 37.4. The Morgan fingerprint density at radius 2 is 1.29 bits per heavy atom. The smallest absolute Gasteiger partial charge is 0.393 e. The second-order valence-electron chi connectivity index (χ2n) is 15.8. The zero-order valence-electron chi connectivity index (χ0n) is 32.2. The van der Waals surface area contributed by atoms with Gasteiger partial charge >= 0.3 is 6.18 Å². The number of halogens is 3. The van der Waals surface area contributed by atoms with Gasteiger partial charge in [0.15, 0.2) is 0 Å². The molecule has 8 aromatic rings. The van der Waals surface area contributed by atoms with Crippen LogP contribution in [-0.2, 0) is 5.21 Å². The third-order valence-electron chi connectivity index (χ3n) is 11.3. The zero-order chi connectivity index (χ0) is 39.7. The molecule has 0 spiro atoms. The number of furan rings is 1. The quantitative estimate of drug-likeness (QED) is 0.146. The van der Waals surface area contributed by atoms with E-state index < -0.39 is 16.8 Å². The number of rotatable bonds is 8. The second-order valence-corrected chi connectivity index (χ2v) is 15.8. The van der Waals surface area contributed by atoms with Gasteiger partial charge < -0.3 is 4.42 Å². The van der Waals surface area contributed by atoms with Gasteiger partial charge in [-0.1, -0.05) is 131 Å². The third kappa shape index (κ3) is 6.03. The van der Waals surface area contributed by atoms with Crippen molar-refractivity contribution in [2.75, 3.05) is 0 Å². The predicted molar refractivity (Wildman–Crippen MR) is 224 cm³/mol. The van der Waals surface area contributed by atoms with Crippen LogP contribution in [0.1, 0.15) is 70.1 Å². The van der Waals surface area contributed by atoms with E-state index in [2.05, 4.69) is 68.7 Å². The lowest BCUT2D eigenvalue weighted by Gasteiger charge is -2.44. The molecule has 0 aliphatic carbocycles. The number of benzene rings is 5. The largest absolute Gasteiger partial charge is 0.437 e. The summed E-state index contributed by atoms with van der Waals surface area (Å²) in [5.41, 5.74) is 8.59. The third-order valence-corrected chi connectivity index (χ3v) is 11.3. The maximum Gasteiger partial charge on any atom is 0.393 e. The number of fused-ring (bicyclic) bond motifs is 4. The summed E-state index contributed by atoms with van der Waals surface area (Å²) in [5.74, 6) is 0.924. The van der Waals surface area contributed by atoms with Crippen molar-refractivity contribution in [2.45, 2.75) is 64.8 Å². The molecule has 5 aromatic carbocycles. The van der Waals surface area contributed by atoms with Crippen LogP contribution >= 0.6 is 0 Å². The molecule has 0 saturated heterocycles. The monoisotopic (exact) mass is 741 g/mol. The molecular weight excluding hydrogens is 701 g/mol. The van der Waals surface area contributed by atoms with Crippen LogP contribution in [0, 0.1) is 5.41 Å². The van der Waals surface area contributed by atoms with E-state index in [-0.39, 0.29) is 17.4 Å². The molecular formula is C47H40B2F3N3O. The normalized spacial score (nSPS) is 12.8. The standard InChI is InChI=1S/C47H40B2F3N3O/c1-27(2)36-25-31(29-19-21-32(22-20-29)46(48,49)45(5,6)47(50,51)52)26-37(28(3)4)41(36)55-40-18-11-10-17-39(40)53-43(55)35-16-12-15-33-34-23-24-38(30-13-8-7-9-14-30)54-44(34)56-42(33)35/h7-28H,1-6H3. The van der Waals surface area contributed by atoms with Crippen molar-refractivity contribution in [3.8, 4) is 39.5 Å². The number of aromatic nitrogens is 3. The molecule has 0 saturated carbocycles. The van der Waals surface area contributed by atoms with E-state index >= 15 is 0 Å². The predicted octanol–water partition coefficient (Wildman–Crippen LogP) is 12.6. The number of para-hydroxylation sites is 3. The van der Waals surface area contributed by atoms with Gasteiger partial charge in [0.2, 0.25) is 5.71 Å². The van der Waals surface area contributed by atoms with Gasteiger partial charge in [0, 0.05) is 16.3 Å². The molecule has 0 bridgehead atoms. The molecule has 0 aliphatic heterocycles. The molecule has 0 atom stereocenters. The van der Waals surface area contributed by atoms with Crippen LogP contribution in [0.4, 0.5) is 13.2 Å². The summed E-state index contributed by atoms with van der Waals surface area (Å²) in [6, 6.07) is 39.6. The van der Waals surface area contributed by atoms with Gasteiger partial charge in [-0.15, -0.1) is 0 Å². The highest BCUT2D eigenvalue weighted by atomic mass is 19.4. The SMILES string of the molecule is [B]C([B])(c1ccc(-c2cc(C(C)C)c(-n3c(-c4cccc5c4oc4nc(-c6ccccc6)ccc45)nc4ccccc43)c(C(C)C)c2)cc1)C(C)(C)C(F)(F)F. The van der Waals surface area contributed by atoms with Crippen LogP contribution in [0.5, 0.6) is 0 Å². The van der Waals surface area contributed by atoms with Crippen LogP contribution in [0.15, 0.2) is 126 Å². The Morgan fingerprint density at radius 3 is 1.93 bits per heavy atom. The Hall–Kier alpha value is -5.56. The van der Waals surface area contributed by atoms with Crippen LogP contribution < -0.4 is 0 Å². The average molecular weight is 741 g/mol. The van der Waals surface area contributed by atoms with E-state index in [1.165, 1.54) is 0 Å². The molecule has 56 heavy (non-hydrogen) atoms. The molecule has 3 heterocycles. The minimum absolute atomic E-state index is 0.0895. The lowest BCUT2D eigenvalue weighted by molar-refractivity contribution is -0.217. The minimum atomic E-state index is -4.60. The summed E-state index contributed by atoms with van der Waals surface area (Å²) >= 11 is 0. The van der Waals surface area contributed by atoms with Crippen molar-refractivity contribution in [3.05, 3.63) is 138 Å². The Morgan fingerprint density at radius 1 is 0.643 bits per heavy atom. The fourth-order valence-corrected chi connectivity index (χ4v) is 7.58. The first-order valence-electron chi connectivity index (χ1n) is 18.9. The number of nitrogens with zero attached hydrogens (tertiary/aromatic N) is 3. The molecule has 0 fully saturated rings. The maximum absolute atomic E-state index is 14.0. The van der Waals surface area contributed by atoms with Crippen LogP contribution in [0.3, 0.4) is 0 Å². The molecule has 9 heteroatoms. The van der Waals surface area contributed by atoms with Gasteiger partial charge in [-0.3, -0.25) is 4.57 Å². The highest BCUT2D eigenvalue weighted by Crippen LogP contribution is 2.49. The molecule has 4 radical (unpaired) electrons. The maximum atomic E-state index is 14.0. The second kappa shape index (κ2) is 13.6. The van der Waals surface area contributed by atoms with Gasteiger partial charge in [-0.25, -0.2) is 9.97 Å². The summed E-state index contributed by atoms with van der Waals surface area (Å²) < 4.78 is 50.9. The summed E-state index contributed by atoms with van der Waals surface area (Å²) in [4.78, 5) is 10.2. The zero-order valence-corrected chi connectivity index (χ0v) is 32.2. The molecule has 0 N–H and O–H groups in total. The molecule has 0 amide bonds. The molecule has 0 aliphatic rings. The van der Waals surface area contributed by atoms with Crippen molar-refractivity contribution in [1.82, 2.24) is 14.5 Å². The summed E-state index contributed by atoms with van der Waals surface area (Å²) in [6.45, 7) is 10.7. The topological polar surface area (TPSA) is 43.9 Å². The Balaban J connectivity index is 1.32. The molecule has 0 unspecified atom stereocenters. The minimum Gasteiger partial charge on any atom is -0.437 e. The Bertz CT molecular complexity index is 2720. The Kier molecular flexibility index (Phi) is 9.06. The van der Waals surface area contributed by atoms with E-state index in [0.29, 0.717) is 11.3 Å². The van der Waals surface area contributed by atoms with Crippen LogP contribution in [-0.4, -0.2) is 36.4 Å². The van der Waals surface area contributed by atoms with Crippen molar-refractivity contribution in [2.24, 2.45) is 5.41 Å². The van der Waals surface area contributed by atoms with Crippen molar-refractivity contribution in [3.63, 3.8) is 0 Å². The van der Waals surface area contributed by atoms with E-state index in [9.17, 15) is 13.2 Å². The van der Waals surface area contributed by atoms with Crippen LogP contribution in [0.25, 0.3) is 72.6 Å². The van der Waals surface area contributed by atoms with Gasteiger partial charge in [-0.2, -0.15) is 13.2 Å². The fourth-order valence-electron chi connectivity index (χ4n) is 7.58. The number of pyridine rings is 1. The van der Waals surface area contributed by atoms with E-state index in [1.54, 1.807) is 24.3 Å². The molecule has 3 aromatic heterocycles. The average Bonchev–Trinajstić information content (AvgIpc) is 3.75. The molecule has 8 rings (SSSR count). The lowest BCUT2D eigenvalue weighted by Crippen LogP contribution is -2.52. The number of hydrogen-bond donors (Lipinski definition) is 0. The van der Waals surface area contributed by atoms with Crippen molar-refractivity contribution in [1.29, 1.82) is 0 Å². The summed E-state index contributed by atoms with van der Waals surface area (Å²) in [7, 11) is 12.5. The van der Waals surface area contributed by atoms with Crippen molar-refractivity contribution < 1.29 is 17.6 Å². The van der Waals surface area contributed by atoms with E-state index in [1.807, 2.05) is 60.7 Å². The molecule has 276 valence electrons. The number of hydrogen-bond acceptors (Lipinski definition) is 3. The summed E-state index contributed by atoms with van der Waals surface area (Å²) in [6.07, 6.45) is -4.60. The highest BCUT2D eigenvalue weighted by molar-refractivity contribution is 6.40. The van der Waals surface area contributed by atoms with Gasteiger partial charge in [0.25, 0.3) is 0 Å². The van der Waals surface area contributed by atoms with Crippen LogP contribution in [0.2, 0.25) is 0 Å². The number of imidazole rings is 1. The first-order valence-corrected chi connectivity index (χ1v) is 18.9.